The summed E-state index contributed by atoms with van der Waals surface area (Å²) < 4.78 is 47.5. The van der Waals surface area contributed by atoms with Gasteiger partial charge in [-0.1, -0.05) is 6.08 Å². The summed E-state index contributed by atoms with van der Waals surface area (Å²) in [5, 5.41) is 0. The second-order valence-corrected chi connectivity index (χ2v) is 1.88. The highest BCUT2D eigenvalue weighted by molar-refractivity contribution is 4.84. The standard InChI is InChI=1S/C6H8F4/c1-2-3-6(9,10)5(8)4-7/h2,5H,1,3-4H2. The Morgan fingerprint density at radius 2 is 2.00 bits per heavy atom. The molecule has 0 radical (unpaired) electrons. The summed E-state index contributed by atoms with van der Waals surface area (Å²) in [6.07, 6.45) is -2.66. The van der Waals surface area contributed by atoms with Crippen molar-refractivity contribution in [1.29, 1.82) is 0 Å². The van der Waals surface area contributed by atoms with Gasteiger partial charge in [0.1, 0.15) is 6.67 Å². The van der Waals surface area contributed by atoms with Gasteiger partial charge >= 0.3 is 0 Å². The smallest absolute Gasteiger partial charge is 0.248 e. The van der Waals surface area contributed by atoms with Gasteiger partial charge < -0.3 is 0 Å². The lowest BCUT2D eigenvalue weighted by Crippen LogP contribution is -2.30. The van der Waals surface area contributed by atoms with Crippen molar-refractivity contribution in [3.63, 3.8) is 0 Å². The van der Waals surface area contributed by atoms with Gasteiger partial charge in [-0.2, -0.15) is 0 Å². The van der Waals surface area contributed by atoms with Gasteiger partial charge in [0.15, 0.2) is 6.17 Å². The Kier molecular flexibility index (Phi) is 3.39. The molecule has 0 aromatic carbocycles. The summed E-state index contributed by atoms with van der Waals surface area (Å²) in [4.78, 5) is 0. The van der Waals surface area contributed by atoms with E-state index in [9.17, 15) is 17.6 Å². The second-order valence-electron chi connectivity index (χ2n) is 1.88. The van der Waals surface area contributed by atoms with Crippen LogP contribution in [0.15, 0.2) is 12.7 Å². The van der Waals surface area contributed by atoms with Crippen molar-refractivity contribution >= 4 is 0 Å². The van der Waals surface area contributed by atoms with Crippen LogP contribution in [0.3, 0.4) is 0 Å². The minimum Gasteiger partial charge on any atom is -0.248 e. The summed E-state index contributed by atoms with van der Waals surface area (Å²) in [5.41, 5.74) is 0. The van der Waals surface area contributed by atoms with Crippen LogP contribution < -0.4 is 0 Å². The van der Waals surface area contributed by atoms with E-state index in [2.05, 4.69) is 6.58 Å². The number of alkyl halides is 4. The van der Waals surface area contributed by atoms with Crippen molar-refractivity contribution in [1.82, 2.24) is 0 Å². The van der Waals surface area contributed by atoms with Gasteiger partial charge in [0, 0.05) is 6.42 Å². The Hall–Kier alpha value is -0.540. The number of rotatable bonds is 4. The first kappa shape index (κ1) is 9.46. The summed E-state index contributed by atoms with van der Waals surface area (Å²) in [6.45, 7) is 1.34. The van der Waals surface area contributed by atoms with E-state index in [-0.39, 0.29) is 0 Å². The monoisotopic (exact) mass is 156 g/mol. The highest BCUT2D eigenvalue weighted by Crippen LogP contribution is 2.25. The maximum Gasteiger partial charge on any atom is 0.284 e. The minimum absolute atomic E-state index is 0.821. The van der Waals surface area contributed by atoms with Crippen molar-refractivity contribution in [3.8, 4) is 0 Å². The first-order valence-corrected chi connectivity index (χ1v) is 2.73. The fraction of sp³-hybridized carbons (Fsp3) is 0.667. The molecule has 10 heavy (non-hydrogen) atoms. The normalized spacial score (nSPS) is 14.8. The first-order valence-electron chi connectivity index (χ1n) is 2.73. The zero-order valence-electron chi connectivity index (χ0n) is 5.29. The number of allylic oxidation sites excluding steroid dienone is 1. The second kappa shape index (κ2) is 3.58. The zero-order chi connectivity index (χ0) is 8.20. The quantitative estimate of drug-likeness (QED) is 0.433. The van der Waals surface area contributed by atoms with Gasteiger partial charge in [-0.3, -0.25) is 0 Å². The Bertz CT molecular complexity index is 110. The highest BCUT2D eigenvalue weighted by Gasteiger charge is 2.38. The number of hydrogen-bond donors (Lipinski definition) is 0. The van der Waals surface area contributed by atoms with Crippen LogP contribution in [-0.2, 0) is 0 Å². The van der Waals surface area contributed by atoms with E-state index in [0.29, 0.717) is 0 Å². The van der Waals surface area contributed by atoms with E-state index in [4.69, 9.17) is 0 Å². The Morgan fingerprint density at radius 3 is 2.30 bits per heavy atom. The molecule has 0 N–H and O–H groups in total. The topological polar surface area (TPSA) is 0 Å². The highest BCUT2D eigenvalue weighted by atomic mass is 19.3. The van der Waals surface area contributed by atoms with Gasteiger partial charge in [0.05, 0.1) is 0 Å². The van der Waals surface area contributed by atoms with Gasteiger partial charge in [-0.15, -0.1) is 6.58 Å². The lowest BCUT2D eigenvalue weighted by atomic mass is 10.1. The van der Waals surface area contributed by atoms with E-state index in [1.54, 1.807) is 0 Å². The molecule has 0 aliphatic heterocycles. The van der Waals surface area contributed by atoms with Crippen LogP contribution in [0.5, 0.6) is 0 Å². The Labute approximate surface area is 56.5 Å². The third kappa shape index (κ3) is 2.37. The maximum absolute atomic E-state index is 12.1. The van der Waals surface area contributed by atoms with Gasteiger partial charge in [-0.25, -0.2) is 17.6 Å². The molecule has 0 spiro atoms. The van der Waals surface area contributed by atoms with Gasteiger partial charge in [0.25, 0.3) is 5.92 Å². The van der Waals surface area contributed by atoms with Gasteiger partial charge in [0.2, 0.25) is 0 Å². The Balaban J connectivity index is 3.94. The largest absolute Gasteiger partial charge is 0.284 e. The summed E-state index contributed by atoms with van der Waals surface area (Å²) >= 11 is 0. The van der Waals surface area contributed by atoms with Crippen LogP contribution in [0, 0.1) is 0 Å². The van der Waals surface area contributed by atoms with E-state index in [1.165, 1.54) is 0 Å². The molecule has 0 saturated heterocycles. The van der Waals surface area contributed by atoms with Crippen LogP contribution in [0.1, 0.15) is 6.42 Å². The molecule has 0 aliphatic rings. The molecule has 0 heterocycles. The molecule has 0 aliphatic carbocycles. The van der Waals surface area contributed by atoms with Crippen LogP contribution in [0.4, 0.5) is 17.6 Å². The molecule has 0 saturated carbocycles. The summed E-state index contributed by atoms with van der Waals surface area (Å²) in [5.74, 6) is -3.60. The van der Waals surface area contributed by atoms with Crippen LogP contribution >= 0.6 is 0 Å². The molecule has 4 heteroatoms. The molecule has 60 valence electrons. The minimum atomic E-state index is -3.60. The van der Waals surface area contributed by atoms with Crippen molar-refractivity contribution in [2.75, 3.05) is 6.67 Å². The summed E-state index contributed by atoms with van der Waals surface area (Å²) in [7, 11) is 0. The third-order valence-corrected chi connectivity index (χ3v) is 1.01. The molecule has 0 fully saturated rings. The maximum atomic E-state index is 12.1. The van der Waals surface area contributed by atoms with E-state index in [0.717, 1.165) is 6.08 Å². The van der Waals surface area contributed by atoms with Gasteiger partial charge in [-0.05, 0) is 0 Å². The lowest BCUT2D eigenvalue weighted by Gasteiger charge is -2.15. The van der Waals surface area contributed by atoms with Crippen LogP contribution in [-0.4, -0.2) is 18.8 Å². The average molecular weight is 156 g/mol. The predicted octanol–water partition coefficient (Wildman–Crippen LogP) is 2.51. The molecule has 0 nitrogen and oxygen atoms in total. The molecular weight excluding hydrogens is 148 g/mol. The molecule has 0 aromatic rings. The van der Waals surface area contributed by atoms with Crippen molar-refractivity contribution in [3.05, 3.63) is 12.7 Å². The van der Waals surface area contributed by atoms with Crippen LogP contribution in [0.2, 0.25) is 0 Å². The predicted molar refractivity (Wildman–Crippen MR) is 30.6 cm³/mol. The lowest BCUT2D eigenvalue weighted by molar-refractivity contribution is -0.0760. The van der Waals surface area contributed by atoms with E-state index < -0.39 is 25.2 Å². The fourth-order valence-corrected chi connectivity index (χ4v) is 0.433. The number of hydrogen-bond acceptors (Lipinski definition) is 0. The molecule has 0 bridgehead atoms. The fourth-order valence-electron chi connectivity index (χ4n) is 0.433. The molecule has 1 atom stereocenters. The van der Waals surface area contributed by atoms with Crippen molar-refractivity contribution in [2.24, 2.45) is 0 Å². The average Bonchev–Trinajstić information content (AvgIpc) is 1.86. The summed E-state index contributed by atoms with van der Waals surface area (Å²) in [6, 6.07) is 0. The zero-order valence-corrected chi connectivity index (χ0v) is 5.29. The molecule has 0 amide bonds. The first-order chi connectivity index (χ1) is 4.54. The Morgan fingerprint density at radius 1 is 1.50 bits per heavy atom. The van der Waals surface area contributed by atoms with Crippen molar-refractivity contribution < 1.29 is 17.6 Å². The molecular formula is C6H8F4. The van der Waals surface area contributed by atoms with Crippen LogP contribution in [0.25, 0.3) is 0 Å². The molecule has 1 unspecified atom stereocenters. The SMILES string of the molecule is C=CCC(F)(F)C(F)CF. The molecule has 0 aromatic heterocycles. The third-order valence-electron chi connectivity index (χ3n) is 1.01. The van der Waals surface area contributed by atoms with E-state index >= 15 is 0 Å². The van der Waals surface area contributed by atoms with Crippen molar-refractivity contribution in [2.45, 2.75) is 18.5 Å². The molecule has 0 rings (SSSR count). The number of halogens is 4. The van der Waals surface area contributed by atoms with E-state index in [1.807, 2.05) is 0 Å².